The first-order valence-electron chi connectivity index (χ1n) is 8.57. The van der Waals surface area contributed by atoms with Crippen LogP contribution in [0.15, 0.2) is 73.4 Å². The van der Waals surface area contributed by atoms with Crippen LogP contribution in [-0.2, 0) is 25.2 Å². The number of hydrogen-bond acceptors (Lipinski definition) is 5. The lowest BCUT2D eigenvalue weighted by atomic mass is 10.3. The van der Waals surface area contributed by atoms with E-state index in [0.29, 0.717) is 11.1 Å². The molecule has 152 valence electrons. The molecule has 0 unspecified atom stereocenters. The molecule has 0 N–H and O–H groups in total. The lowest BCUT2D eigenvalue weighted by Crippen LogP contribution is -2.19. The Hall–Kier alpha value is -3.26. The zero-order valence-corrected chi connectivity index (χ0v) is 16.6. The van der Waals surface area contributed by atoms with E-state index in [0.717, 1.165) is 6.92 Å². The van der Waals surface area contributed by atoms with E-state index in [-0.39, 0.29) is 23.2 Å². The number of Topliss-reactive ketones (excluding diaryl/α,β-unsaturated/α-hetero) is 1. The van der Waals surface area contributed by atoms with Crippen molar-refractivity contribution < 1.29 is 27.1 Å². The largest absolute Gasteiger partial charge is 0.403 e. The van der Waals surface area contributed by atoms with Crippen LogP contribution in [0.4, 0.5) is 4.39 Å². The maximum Gasteiger partial charge on any atom is 0.380 e. The summed E-state index contributed by atoms with van der Waals surface area (Å²) < 4.78 is 42.4. The molecule has 0 aliphatic rings. The zero-order chi connectivity index (χ0) is 21.4. The number of pyridine rings is 1. The number of rotatable bonds is 6. The summed E-state index contributed by atoms with van der Waals surface area (Å²) in [6, 6.07) is 14.8. The van der Waals surface area contributed by atoms with Crippen molar-refractivity contribution in [2.75, 3.05) is 5.75 Å². The molecule has 2 heterocycles. The van der Waals surface area contributed by atoms with Crippen molar-refractivity contribution >= 4 is 27.1 Å². The molecule has 1 aromatic carbocycles. The van der Waals surface area contributed by atoms with Crippen molar-refractivity contribution in [2.24, 2.45) is 0 Å². The number of esters is 1. The van der Waals surface area contributed by atoms with E-state index in [2.05, 4.69) is 6.58 Å². The van der Waals surface area contributed by atoms with Gasteiger partial charge in [-0.05, 0) is 30.3 Å². The van der Waals surface area contributed by atoms with Gasteiger partial charge in [-0.25, -0.2) is 17.6 Å². The monoisotopic (exact) mass is 417 g/mol. The topological polar surface area (TPSA) is 81.9 Å². The Morgan fingerprint density at radius 1 is 1.14 bits per heavy atom. The van der Waals surface area contributed by atoms with Gasteiger partial charge in [0.25, 0.3) is 0 Å². The fourth-order valence-electron chi connectivity index (χ4n) is 2.42. The molecule has 0 bridgehead atoms. The van der Waals surface area contributed by atoms with Gasteiger partial charge in [-0.3, -0.25) is 9.20 Å². The third-order valence-electron chi connectivity index (χ3n) is 3.66. The fraction of sp³-hybridized carbons (Fsp3) is 0.143. The molecule has 0 atom stereocenters. The van der Waals surface area contributed by atoms with Crippen molar-refractivity contribution in [1.82, 2.24) is 4.40 Å². The standard InChI is InChI=1S/C15H15NO5S.C6H5F/c1-3-8-22(19,20)10-12-9-13-6-4-5-7-16(13)14(12)21-15(18)11(2)17;7-6-4-2-1-3-5-6/h3-7,9H,1,8,10H2,2H3;1-5H. The minimum Gasteiger partial charge on any atom is -0.403 e. The number of benzene rings is 1. The third-order valence-corrected chi connectivity index (χ3v) is 5.16. The van der Waals surface area contributed by atoms with Crippen LogP contribution in [0.2, 0.25) is 0 Å². The van der Waals surface area contributed by atoms with Crippen LogP contribution in [0.3, 0.4) is 0 Å². The summed E-state index contributed by atoms with van der Waals surface area (Å²) in [5, 5.41) is 0. The minimum absolute atomic E-state index is 0.0448. The average Bonchev–Trinajstić information content (AvgIpc) is 2.99. The molecular weight excluding hydrogens is 397 g/mol. The molecule has 0 saturated heterocycles. The Bertz CT molecular complexity index is 1120. The van der Waals surface area contributed by atoms with Crippen molar-refractivity contribution in [1.29, 1.82) is 0 Å². The van der Waals surface area contributed by atoms with Gasteiger partial charge in [0.1, 0.15) is 5.82 Å². The number of halogens is 1. The summed E-state index contributed by atoms with van der Waals surface area (Å²) in [5.74, 6) is -2.41. The molecule has 6 nitrogen and oxygen atoms in total. The second kappa shape index (κ2) is 9.79. The highest BCUT2D eigenvalue weighted by Crippen LogP contribution is 2.26. The molecule has 0 saturated carbocycles. The Morgan fingerprint density at radius 3 is 2.34 bits per heavy atom. The van der Waals surface area contributed by atoms with Crippen molar-refractivity contribution in [3.05, 3.63) is 84.8 Å². The maximum atomic E-state index is 12.0. The number of aromatic nitrogens is 1. The first-order valence-corrected chi connectivity index (χ1v) is 10.4. The summed E-state index contributed by atoms with van der Waals surface area (Å²) in [7, 11) is -3.42. The number of carbonyl (C=O) groups is 2. The molecule has 0 spiro atoms. The van der Waals surface area contributed by atoms with Gasteiger partial charge in [-0.1, -0.05) is 30.3 Å². The van der Waals surface area contributed by atoms with Crippen LogP contribution >= 0.6 is 0 Å². The third kappa shape index (κ3) is 6.39. The molecular formula is C21H20FNO5S. The zero-order valence-electron chi connectivity index (χ0n) is 15.7. The van der Waals surface area contributed by atoms with Crippen LogP contribution in [0.25, 0.3) is 5.52 Å². The number of nitrogens with zero attached hydrogens (tertiary/aromatic N) is 1. The van der Waals surface area contributed by atoms with Crippen molar-refractivity contribution in [3.8, 4) is 5.88 Å². The highest BCUT2D eigenvalue weighted by atomic mass is 32.2. The Kier molecular flexibility index (Phi) is 7.44. The molecule has 29 heavy (non-hydrogen) atoms. The van der Waals surface area contributed by atoms with Crippen LogP contribution in [0, 0.1) is 5.82 Å². The van der Waals surface area contributed by atoms with Gasteiger partial charge in [0.15, 0.2) is 9.84 Å². The van der Waals surface area contributed by atoms with E-state index in [1.54, 1.807) is 48.7 Å². The van der Waals surface area contributed by atoms with Crippen molar-refractivity contribution in [2.45, 2.75) is 12.7 Å². The van der Waals surface area contributed by atoms with Gasteiger partial charge in [0.2, 0.25) is 11.7 Å². The number of ketones is 1. The number of fused-ring (bicyclic) bond motifs is 1. The van der Waals surface area contributed by atoms with E-state index in [4.69, 9.17) is 4.74 Å². The molecule has 3 aromatic rings. The van der Waals surface area contributed by atoms with Gasteiger partial charge in [-0.15, -0.1) is 6.58 Å². The van der Waals surface area contributed by atoms with E-state index < -0.39 is 21.6 Å². The molecule has 0 aliphatic heterocycles. The Labute approximate surface area is 168 Å². The van der Waals surface area contributed by atoms with Crippen LogP contribution in [-0.4, -0.2) is 30.3 Å². The molecule has 0 radical (unpaired) electrons. The number of sulfone groups is 1. The molecule has 8 heteroatoms. The lowest BCUT2D eigenvalue weighted by Gasteiger charge is -2.06. The molecule has 0 aliphatic carbocycles. The summed E-state index contributed by atoms with van der Waals surface area (Å²) >= 11 is 0. The van der Waals surface area contributed by atoms with E-state index in [1.807, 2.05) is 0 Å². The predicted molar refractivity (Wildman–Crippen MR) is 108 cm³/mol. The summed E-state index contributed by atoms with van der Waals surface area (Å²) in [6.07, 6.45) is 2.92. The first-order chi connectivity index (χ1) is 13.7. The van der Waals surface area contributed by atoms with Crippen LogP contribution in [0.5, 0.6) is 5.88 Å². The molecule has 3 rings (SSSR count). The van der Waals surface area contributed by atoms with E-state index >= 15 is 0 Å². The van der Waals surface area contributed by atoms with Crippen molar-refractivity contribution in [3.63, 3.8) is 0 Å². The average molecular weight is 417 g/mol. The van der Waals surface area contributed by atoms with Gasteiger partial charge < -0.3 is 4.74 Å². The van der Waals surface area contributed by atoms with E-state index in [1.165, 1.54) is 22.6 Å². The normalized spacial score (nSPS) is 10.7. The Morgan fingerprint density at radius 2 is 1.79 bits per heavy atom. The molecule has 2 aromatic heterocycles. The lowest BCUT2D eigenvalue weighted by molar-refractivity contribution is -0.146. The second-order valence-corrected chi connectivity index (χ2v) is 8.16. The van der Waals surface area contributed by atoms with Crippen LogP contribution < -0.4 is 4.74 Å². The minimum atomic E-state index is -3.42. The van der Waals surface area contributed by atoms with Gasteiger partial charge >= 0.3 is 5.97 Å². The Balaban J connectivity index is 0.000000360. The number of ether oxygens (including phenoxy) is 1. The fourth-order valence-corrected chi connectivity index (χ4v) is 3.58. The first kappa shape index (κ1) is 22.0. The summed E-state index contributed by atoms with van der Waals surface area (Å²) in [6.45, 7) is 4.50. The molecule has 0 fully saturated rings. The highest BCUT2D eigenvalue weighted by molar-refractivity contribution is 7.90. The summed E-state index contributed by atoms with van der Waals surface area (Å²) in [5.41, 5.74) is 0.986. The number of hydrogen-bond donors (Lipinski definition) is 0. The number of carbonyl (C=O) groups excluding carboxylic acids is 2. The van der Waals surface area contributed by atoms with Crippen LogP contribution in [0.1, 0.15) is 12.5 Å². The van der Waals surface area contributed by atoms with Gasteiger partial charge in [0, 0.05) is 24.2 Å². The van der Waals surface area contributed by atoms with Gasteiger partial charge in [0.05, 0.1) is 11.5 Å². The molecule has 0 amide bonds. The van der Waals surface area contributed by atoms with Gasteiger partial charge in [-0.2, -0.15) is 0 Å². The highest BCUT2D eigenvalue weighted by Gasteiger charge is 2.21. The SMILES string of the molecule is C=CCS(=O)(=O)Cc1cc2ccccn2c1OC(=O)C(C)=O.Fc1ccccc1. The predicted octanol–water partition coefficient (Wildman–Crippen LogP) is 3.36. The van der Waals surface area contributed by atoms with E-state index in [9.17, 15) is 22.4 Å². The quantitative estimate of drug-likeness (QED) is 0.349. The smallest absolute Gasteiger partial charge is 0.380 e. The summed E-state index contributed by atoms with van der Waals surface area (Å²) in [4.78, 5) is 22.6. The second-order valence-electron chi connectivity index (χ2n) is 6.05. The maximum absolute atomic E-state index is 12.0.